The van der Waals surface area contributed by atoms with Crippen LogP contribution >= 0.6 is 0 Å². The fourth-order valence-electron chi connectivity index (χ4n) is 1.29. The fourth-order valence-corrected chi connectivity index (χ4v) is 1.29. The summed E-state index contributed by atoms with van der Waals surface area (Å²) in [5, 5.41) is 0. The van der Waals surface area contributed by atoms with Crippen molar-refractivity contribution in [3.8, 4) is 0 Å². The molecule has 1 heterocycles. The standard InChI is InChI=1S/C13H13N3/c1-10-3-5-12(6-4-10)15-9-13-14-8-7-11(2)16-13/h3-9H,1-2H3. The molecule has 2 rings (SSSR count). The van der Waals surface area contributed by atoms with Crippen LogP contribution < -0.4 is 0 Å². The molecule has 0 aliphatic carbocycles. The molecule has 3 heteroatoms. The summed E-state index contributed by atoms with van der Waals surface area (Å²) in [6.45, 7) is 3.99. The van der Waals surface area contributed by atoms with Crippen LogP contribution in [-0.4, -0.2) is 16.2 Å². The van der Waals surface area contributed by atoms with Crippen molar-refractivity contribution >= 4 is 11.9 Å². The van der Waals surface area contributed by atoms with E-state index in [1.54, 1.807) is 12.4 Å². The molecule has 0 radical (unpaired) electrons. The van der Waals surface area contributed by atoms with Crippen LogP contribution in [0.1, 0.15) is 17.1 Å². The second-order valence-electron chi connectivity index (χ2n) is 3.65. The third kappa shape index (κ3) is 2.73. The van der Waals surface area contributed by atoms with Crippen LogP contribution in [0.15, 0.2) is 41.5 Å². The van der Waals surface area contributed by atoms with E-state index in [1.807, 2.05) is 37.3 Å². The van der Waals surface area contributed by atoms with Gasteiger partial charge in [-0.2, -0.15) is 0 Å². The zero-order valence-corrected chi connectivity index (χ0v) is 9.38. The molecule has 0 spiro atoms. The molecule has 0 amide bonds. The first-order valence-electron chi connectivity index (χ1n) is 5.14. The quantitative estimate of drug-likeness (QED) is 0.716. The Morgan fingerprint density at radius 2 is 1.81 bits per heavy atom. The topological polar surface area (TPSA) is 38.1 Å². The van der Waals surface area contributed by atoms with E-state index in [1.165, 1.54) is 5.56 Å². The van der Waals surface area contributed by atoms with Gasteiger partial charge in [0.1, 0.15) is 0 Å². The maximum atomic E-state index is 4.31. The lowest BCUT2D eigenvalue weighted by molar-refractivity contribution is 1.08. The lowest BCUT2D eigenvalue weighted by atomic mass is 10.2. The normalized spacial score (nSPS) is 10.9. The van der Waals surface area contributed by atoms with Gasteiger partial charge in [-0.05, 0) is 32.0 Å². The first kappa shape index (κ1) is 10.5. The number of rotatable bonds is 2. The van der Waals surface area contributed by atoms with E-state index >= 15 is 0 Å². The first-order valence-corrected chi connectivity index (χ1v) is 5.14. The van der Waals surface area contributed by atoms with Gasteiger partial charge in [-0.25, -0.2) is 9.97 Å². The number of benzene rings is 1. The largest absolute Gasteiger partial charge is 0.253 e. The maximum absolute atomic E-state index is 4.31. The summed E-state index contributed by atoms with van der Waals surface area (Å²) in [6.07, 6.45) is 3.41. The van der Waals surface area contributed by atoms with Crippen molar-refractivity contribution in [2.75, 3.05) is 0 Å². The highest BCUT2D eigenvalue weighted by Gasteiger charge is 1.92. The van der Waals surface area contributed by atoms with E-state index in [2.05, 4.69) is 21.9 Å². The molecule has 0 aliphatic rings. The Bertz CT molecular complexity index is 501. The Hall–Kier alpha value is -2.03. The smallest absolute Gasteiger partial charge is 0.170 e. The molecule has 16 heavy (non-hydrogen) atoms. The summed E-state index contributed by atoms with van der Waals surface area (Å²) >= 11 is 0. The number of aryl methyl sites for hydroxylation is 2. The lowest BCUT2D eigenvalue weighted by Gasteiger charge is -1.95. The summed E-state index contributed by atoms with van der Waals surface area (Å²) in [5.74, 6) is 0.639. The van der Waals surface area contributed by atoms with Crippen LogP contribution in [0.3, 0.4) is 0 Å². The molecule has 3 nitrogen and oxygen atoms in total. The minimum Gasteiger partial charge on any atom is -0.253 e. The van der Waals surface area contributed by atoms with Gasteiger partial charge in [0.05, 0.1) is 11.9 Å². The van der Waals surface area contributed by atoms with Crippen molar-refractivity contribution in [3.63, 3.8) is 0 Å². The van der Waals surface area contributed by atoms with Crippen LogP contribution in [0.25, 0.3) is 0 Å². The highest BCUT2D eigenvalue weighted by molar-refractivity contribution is 5.77. The zero-order valence-electron chi connectivity index (χ0n) is 9.38. The second-order valence-corrected chi connectivity index (χ2v) is 3.65. The Balaban J connectivity index is 2.18. The van der Waals surface area contributed by atoms with Gasteiger partial charge in [0, 0.05) is 11.9 Å². The van der Waals surface area contributed by atoms with Gasteiger partial charge in [-0.1, -0.05) is 17.7 Å². The van der Waals surface area contributed by atoms with Gasteiger partial charge in [-0.15, -0.1) is 0 Å². The predicted octanol–water partition coefficient (Wildman–Crippen LogP) is 2.84. The minimum absolute atomic E-state index is 0.639. The molecular weight excluding hydrogens is 198 g/mol. The van der Waals surface area contributed by atoms with E-state index in [9.17, 15) is 0 Å². The monoisotopic (exact) mass is 211 g/mol. The summed E-state index contributed by atoms with van der Waals surface area (Å²) < 4.78 is 0. The van der Waals surface area contributed by atoms with Crippen LogP contribution in [0.5, 0.6) is 0 Å². The molecular formula is C13H13N3. The molecule has 80 valence electrons. The molecule has 1 aromatic heterocycles. The van der Waals surface area contributed by atoms with Crippen LogP contribution in [-0.2, 0) is 0 Å². The molecule has 0 fully saturated rings. The van der Waals surface area contributed by atoms with Gasteiger partial charge < -0.3 is 0 Å². The summed E-state index contributed by atoms with van der Waals surface area (Å²) in [7, 11) is 0. The predicted molar refractivity (Wildman–Crippen MR) is 65.2 cm³/mol. The van der Waals surface area contributed by atoms with E-state index < -0.39 is 0 Å². The fraction of sp³-hybridized carbons (Fsp3) is 0.154. The maximum Gasteiger partial charge on any atom is 0.170 e. The van der Waals surface area contributed by atoms with Crippen molar-refractivity contribution in [2.45, 2.75) is 13.8 Å². The van der Waals surface area contributed by atoms with Gasteiger partial charge >= 0.3 is 0 Å². The van der Waals surface area contributed by atoms with Crippen molar-refractivity contribution in [1.29, 1.82) is 0 Å². The average Bonchev–Trinajstić information content (AvgIpc) is 2.28. The average molecular weight is 211 g/mol. The number of hydrogen-bond acceptors (Lipinski definition) is 3. The van der Waals surface area contributed by atoms with Gasteiger partial charge in [0.15, 0.2) is 5.82 Å². The first-order chi connectivity index (χ1) is 7.74. The van der Waals surface area contributed by atoms with E-state index in [-0.39, 0.29) is 0 Å². The molecule has 0 saturated carbocycles. The molecule has 0 aliphatic heterocycles. The van der Waals surface area contributed by atoms with E-state index in [4.69, 9.17) is 0 Å². The Morgan fingerprint density at radius 3 is 2.50 bits per heavy atom. The van der Waals surface area contributed by atoms with Crippen molar-refractivity contribution in [2.24, 2.45) is 4.99 Å². The number of aromatic nitrogens is 2. The summed E-state index contributed by atoms with van der Waals surface area (Å²) in [4.78, 5) is 12.7. The summed E-state index contributed by atoms with van der Waals surface area (Å²) in [6, 6.07) is 9.88. The molecule has 0 saturated heterocycles. The van der Waals surface area contributed by atoms with Gasteiger partial charge in [-0.3, -0.25) is 4.99 Å². The number of aliphatic imine (C=N–C) groups is 1. The molecule has 0 bridgehead atoms. The third-order valence-corrected chi connectivity index (χ3v) is 2.18. The highest BCUT2D eigenvalue weighted by atomic mass is 14.9. The third-order valence-electron chi connectivity index (χ3n) is 2.18. The second kappa shape index (κ2) is 4.66. The van der Waals surface area contributed by atoms with Crippen molar-refractivity contribution in [1.82, 2.24) is 9.97 Å². The van der Waals surface area contributed by atoms with Crippen molar-refractivity contribution < 1.29 is 0 Å². The molecule has 0 atom stereocenters. The molecule has 2 aromatic rings. The lowest BCUT2D eigenvalue weighted by Crippen LogP contribution is -1.93. The van der Waals surface area contributed by atoms with E-state index in [0.29, 0.717) is 5.82 Å². The van der Waals surface area contributed by atoms with Crippen molar-refractivity contribution in [3.05, 3.63) is 53.6 Å². The van der Waals surface area contributed by atoms with Crippen LogP contribution in [0.4, 0.5) is 5.69 Å². The van der Waals surface area contributed by atoms with Crippen LogP contribution in [0.2, 0.25) is 0 Å². The highest BCUT2D eigenvalue weighted by Crippen LogP contribution is 2.11. The van der Waals surface area contributed by atoms with Crippen LogP contribution in [0, 0.1) is 13.8 Å². The number of nitrogens with zero attached hydrogens (tertiary/aromatic N) is 3. The van der Waals surface area contributed by atoms with Gasteiger partial charge in [0.2, 0.25) is 0 Å². The SMILES string of the molecule is Cc1ccc(N=Cc2nccc(C)n2)cc1. The molecule has 0 unspecified atom stereocenters. The minimum atomic E-state index is 0.639. The zero-order chi connectivity index (χ0) is 11.4. The van der Waals surface area contributed by atoms with Gasteiger partial charge in [0.25, 0.3) is 0 Å². The molecule has 1 aromatic carbocycles. The summed E-state index contributed by atoms with van der Waals surface area (Å²) in [5.41, 5.74) is 3.09. The Morgan fingerprint density at radius 1 is 1.06 bits per heavy atom. The molecule has 0 N–H and O–H groups in total. The Labute approximate surface area is 94.9 Å². The Kier molecular flexibility index (Phi) is 3.05. The van der Waals surface area contributed by atoms with E-state index in [0.717, 1.165) is 11.4 Å². The number of hydrogen-bond donors (Lipinski definition) is 0.